The summed E-state index contributed by atoms with van der Waals surface area (Å²) in [6, 6.07) is 17.3. The Labute approximate surface area is 379 Å². The summed E-state index contributed by atoms with van der Waals surface area (Å²) < 4.78 is 0. The Bertz CT molecular complexity index is 2520. The summed E-state index contributed by atoms with van der Waals surface area (Å²) in [6.07, 6.45) is 8.73. The summed E-state index contributed by atoms with van der Waals surface area (Å²) in [5, 5.41) is 11.7. The van der Waals surface area contributed by atoms with Gasteiger partial charge in [0.05, 0.1) is 11.1 Å². The maximum Gasteiger partial charge on any atom is 0.262 e. The van der Waals surface area contributed by atoms with Crippen LogP contribution in [0.5, 0.6) is 0 Å². The van der Waals surface area contributed by atoms with E-state index in [9.17, 15) is 24.0 Å². The second-order valence-electron chi connectivity index (χ2n) is 17.8. The number of likely N-dealkylation sites (tertiary alicyclic amines) is 1. The van der Waals surface area contributed by atoms with Crippen molar-refractivity contribution in [2.45, 2.75) is 83.7 Å². The van der Waals surface area contributed by atoms with Crippen molar-refractivity contribution in [1.29, 1.82) is 0 Å². The van der Waals surface area contributed by atoms with Gasteiger partial charge >= 0.3 is 0 Å². The highest BCUT2D eigenvalue weighted by Gasteiger charge is 2.54. The van der Waals surface area contributed by atoms with E-state index in [1.807, 2.05) is 38.1 Å². The highest BCUT2D eigenvalue weighted by molar-refractivity contribution is 6.23. The van der Waals surface area contributed by atoms with Crippen LogP contribution in [0.15, 0.2) is 73.4 Å². The van der Waals surface area contributed by atoms with Crippen LogP contribution in [0.4, 0.5) is 34.6 Å². The average molecular weight is 880 g/mol. The molecule has 1 aliphatic carbocycles. The molecule has 7 heterocycles. The fourth-order valence-electron chi connectivity index (χ4n) is 10.3. The molecule has 4 N–H and O–H groups in total. The van der Waals surface area contributed by atoms with Crippen LogP contribution < -0.4 is 31.1 Å². The molecule has 2 unspecified atom stereocenters. The molecule has 2 aromatic carbocycles. The molecule has 0 saturated carbocycles. The fraction of sp³-hybridized carbons (Fsp3) is 0.429. The van der Waals surface area contributed by atoms with E-state index in [0.29, 0.717) is 52.8 Å². The van der Waals surface area contributed by atoms with Crippen LogP contribution in [0.3, 0.4) is 0 Å². The minimum absolute atomic E-state index is 0.0948. The van der Waals surface area contributed by atoms with Crippen molar-refractivity contribution in [1.82, 2.24) is 35.4 Å². The number of amides is 5. The van der Waals surface area contributed by atoms with E-state index >= 15 is 0 Å². The summed E-state index contributed by atoms with van der Waals surface area (Å²) in [4.78, 5) is 86.2. The highest BCUT2D eigenvalue weighted by Crippen LogP contribution is 2.45. The Kier molecular flexibility index (Phi) is 12.1. The quantitative estimate of drug-likeness (QED) is 0.0971. The summed E-state index contributed by atoms with van der Waals surface area (Å²) in [5.74, 6) is -0.452. The van der Waals surface area contributed by atoms with Gasteiger partial charge in [-0.25, -0.2) is 9.97 Å². The highest BCUT2D eigenvalue weighted by atomic mass is 16.2. The molecule has 1 spiro atoms. The molecular formula is C49H57N11O5. The van der Waals surface area contributed by atoms with Crippen molar-refractivity contribution in [2.75, 3.05) is 66.2 Å². The lowest BCUT2D eigenvalue weighted by Gasteiger charge is -2.63. The molecule has 2 aromatic heterocycles. The number of aryl methyl sites for hydroxylation is 1. The number of anilines is 6. The number of benzene rings is 2. The number of carbonyl (C=O) groups is 5. The lowest BCUT2D eigenvalue weighted by molar-refractivity contribution is -0.136. The zero-order valence-corrected chi connectivity index (χ0v) is 37.4. The second kappa shape index (κ2) is 18.1. The average Bonchev–Trinajstić information content (AvgIpc) is 3.82. The van der Waals surface area contributed by atoms with Crippen molar-refractivity contribution in [3.05, 3.63) is 101 Å². The molecule has 338 valence electrons. The molecule has 0 radical (unpaired) electrons. The van der Waals surface area contributed by atoms with Gasteiger partial charge in [0.2, 0.25) is 17.8 Å². The summed E-state index contributed by atoms with van der Waals surface area (Å²) in [7, 11) is 0. The number of nitrogens with one attached hydrogen (secondary N) is 4. The number of fused-ring (bicyclic) bond motifs is 2. The van der Waals surface area contributed by atoms with Gasteiger partial charge in [-0.2, -0.15) is 4.98 Å². The maximum atomic E-state index is 13.4. The molecule has 2 atom stereocenters. The van der Waals surface area contributed by atoms with Gasteiger partial charge in [-0.1, -0.05) is 32.9 Å². The van der Waals surface area contributed by atoms with Crippen LogP contribution in [-0.2, 0) is 16.0 Å². The number of nitrogens with zero attached hydrogens (tertiary/aromatic N) is 7. The van der Waals surface area contributed by atoms with Crippen LogP contribution >= 0.6 is 0 Å². The minimum atomic E-state index is -0.969. The van der Waals surface area contributed by atoms with Crippen LogP contribution in [0.1, 0.15) is 108 Å². The van der Waals surface area contributed by atoms with Crippen LogP contribution in [0.2, 0.25) is 0 Å². The smallest absolute Gasteiger partial charge is 0.262 e. The van der Waals surface area contributed by atoms with Gasteiger partial charge < -0.3 is 25.8 Å². The summed E-state index contributed by atoms with van der Waals surface area (Å²) in [6.45, 7) is 16.0. The van der Waals surface area contributed by atoms with Crippen molar-refractivity contribution < 1.29 is 24.0 Å². The monoisotopic (exact) mass is 879 g/mol. The van der Waals surface area contributed by atoms with E-state index in [4.69, 9.17) is 9.97 Å². The molecule has 65 heavy (non-hydrogen) atoms. The van der Waals surface area contributed by atoms with Gasteiger partial charge in [-0.15, -0.1) is 6.58 Å². The molecule has 16 heteroatoms. The van der Waals surface area contributed by atoms with Crippen LogP contribution in [0.25, 0.3) is 0 Å². The molecule has 0 bridgehead atoms. The van der Waals surface area contributed by atoms with E-state index < -0.39 is 23.8 Å². The minimum Gasteiger partial charge on any atom is -0.371 e. The zero-order valence-electron chi connectivity index (χ0n) is 37.4. The Hall–Kier alpha value is -6.68. The molecule has 16 nitrogen and oxygen atoms in total. The largest absolute Gasteiger partial charge is 0.371 e. The number of hydrogen-bond donors (Lipinski definition) is 4. The Morgan fingerprint density at radius 2 is 1.58 bits per heavy atom. The Morgan fingerprint density at radius 1 is 0.846 bits per heavy atom. The molecule has 6 aliphatic rings. The van der Waals surface area contributed by atoms with E-state index in [0.717, 1.165) is 99.0 Å². The normalized spacial score (nSPS) is 21.1. The third-order valence-electron chi connectivity index (χ3n) is 13.7. The van der Waals surface area contributed by atoms with E-state index in [-0.39, 0.29) is 30.1 Å². The lowest BCUT2D eigenvalue weighted by atomic mass is 9.71. The molecule has 5 amide bonds. The Morgan fingerprint density at radius 3 is 2.31 bits per heavy atom. The molecule has 4 aromatic rings. The van der Waals surface area contributed by atoms with Crippen molar-refractivity contribution >= 4 is 64.2 Å². The van der Waals surface area contributed by atoms with Gasteiger partial charge in [0, 0.05) is 98.6 Å². The topological polar surface area (TPSA) is 185 Å². The maximum absolute atomic E-state index is 13.4. The first-order valence-electron chi connectivity index (χ1n) is 23.1. The number of carbonyl (C=O) groups excluding carboxylic acids is 5. The molecule has 4 saturated heterocycles. The first-order chi connectivity index (χ1) is 31.6. The van der Waals surface area contributed by atoms with Gasteiger partial charge in [0.15, 0.2) is 0 Å². The number of rotatable bonds is 12. The van der Waals surface area contributed by atoms with Crippen molar-refractivity contribution in [2.24, 2.45) is 5.41 Å². The van der Waals surface area contributed by atoms with E-state index in [2.05, 4.69) is 72.7 Å². The number of imide groups is 2. The standard InChI is InChI=1S/C47H51N11O5.C2H6/c1-3-19-48-42(60)36-23-49-46(54-41(36)52-38-15-7-29-6-5-28(4-2)40(29)51-38)50-30-8-10-31(11-9-30)55-20-17-32(18-21-55)56-24-47(25-56)26-57(27-47)33-12-13-34-35(22-33)45(63)58(44(34)62)37-14-16-39(59)53-43(37)61;1-2/h3,7-13,15,22-23,28,32,37H,1,4-6,14,16-21,24-27H2,2H3,(H,48,60)(H,53,59,61)(H2,49,50,51,52,54);1-2H3. The van der Waals surface area contributed by atoms with Gasteiger partial charge in [0.25, 0.3) is 17.7 Å². The molecular weight excluding hydrogens is 823 g/mol. The van der Waals surface area contributed by atoms with Crippen LogP contribution in [-0.4, -0.2) is 112 Å². The third-order valence-corrected chi connectivity index (χ3v) is 13.7. The van der Waals surface area contributed by atoms with Crippen molar-refractivity contribution in [3.8, 4) is 0 Å². The molecule has 10 rings (SSSR count). The predicted molar refractivity (Wildman–Crippen MR) is 249 cm³/mol. The number of aromatic nitrogens is 3. The summed E-state index contributed by atoms with van der Waals surface area (Å²) in [5.41, 5.74) is 6.46. The van der Waals surface area contributed by atoms with Gasteiger partial charge in [-0.3, -0.25) is 39.1 Å². The second-order valence-corrected chi connectivity index (χ2v) is 17.8. The SMILES string of the molecule is C=CCNC(=O)c1cnc(Nc2ccc(N3CCC(N4CC5(CN(c6ccc7c(c6)C(=O)N(C6CCC(=O)NC6=O)C7=O)C5)C4)CC3)cc2)nc1Nc1ccc2c(n1)C(CC)CC2.CC. The number of piperidine rings is 2. The number of hydrogen-bond acceptors (Lipinski definition) is 13. The van der Waals surface area contributed by atoms with E-state index in [1.54, 1.807) is 18.2 Å². The van der Waals surface area contributed by atoms with Crippen molar-refractivity contribution in [3.63, 3.8) is 0 Å². The fourth-order valence-corrected chi connectivity index (χ4v) is 10.3. The first-order valence-corrected chi connectivity index (χ1v) is 23.1. The van der Waals surface area contributed by atoms with Crippen LogP contribution in [0, 0.1) is 5.41 Å². The first kappa shape index (κ1) is 43.6. The third kappa shape index (κ3) is 8.42. The Balaban J connectivity index is 0.00000263. The van der Waals surface area contributed by atoms with Gasteiger partial charge in [-0.05, 0) is 92.6 Å². The molecule has 4 fully saturated rings. The predicted octanol–water partition coefficient (Wildman–Crippen LogP) is 5.93. The zero-order chi connectivity index (χ0) is 45.4. The molecule has 5 aliphatic heterocycles. The van der Waals surface area contributed by atoms with E-state index in [1.165, 1.54) is 11.8 Å². The lowest BCUT2D eigenvalue weighted by Crippen LogP contribution is -2.74. The number of pyridine rings is 1. The van der Waals surface area contributed by atoms with Gasteiger partial charge in [0.1, 0.15) is 23.2 Å². The summed E-state index contributed by atoms with van der Waals surface area (Å²) >= 11 is 0.